The van der Waals surface area contributed by atoms with Gasteiger partial charge in [0.25, 0.3) is 0 Å². The van der Waals surface area contributed by atoms with Crippen molar-refractivity contribution >= 4 is 40.8 Å². The Hall–Kier alpha value is -3.29. The first kappa shape index (κ1) is 18.7. The molecule has 0 bridgehead atoms. The SMILES string of the molecule is O=C(NCc1nc(-c2ccc(Cl)cc2)no1)N1c2ccccc2Sc2ccccc21. The molecule has 0 fully saturated rings. The highest BCUT2D eigenvalue weighted by molar-refractivity contribution is 7.99. The third-order valence-corrected chi connectivity index (χ3v) is 5.98. The summed E-state index contributed by atoms with van der Waals surface area (Å²) in [6, 6.07) is 22.5. The van der Waals surface area contributed by atoms with Crippen LogP contribution in [0.1, 0.15) is 5.89 Å². The van der Waals surface area contributed by atoms with Gasteiger partial charge in [0, 0.05) is 20.4 Å². The van der Waals surface area contributed by atoms with E-state index in [1.807, 2.05) is 60.7 Å². The van der Waals surface area contributed by atoms with E-state index in [0.717, 1.165) is 26.7 Å². The third kappa shape index (κ3) is 3.53. The van der Waals surface area contributed by atoms with Crippen LogP contribution in [-0.4, -0.2) is 16.2 Å². The van der Waals surface area contributed by atoms with E-state index in [0.29, 0.717) is 16.7 Å². The summed E-state index contributed by atoms with van der Waals surface area (Å²) < 4.78 is 5.29. The van der Waals surface area contributed by atoms with E-state index in [4.69, 9.17) is 16.1 Å². The molecule has 1 aliphatic rings. The van der Waals surface area contributed by atoms with Crippen molar-refractivity contribution in [2.24, 2.45) is 0 Å². The van der Waals surface area contributed by atoms with Crippen molar-refractivity contribution in [3.8, 4) is 11.4 Å². The van der Waals surface area contributed by atoms with Crippen LogP contribution >= 0.6 is 23.4 Å². The Balaban J connectivity index is 1.36. The van der Waals surface area contributed by atoms with Gasteiger partial charge >= 0.3 is 6.03 Å². The Morgan fingerprint density at radius 3 is 2.27 bits per heavy atom. The van der Waals surface area contributed by atoms with Crippen molar-refractivity contribution in [1.29, 1.82) is 0 Å². The van der Waals surface area contributed by atoms with E-state index in [-0.39, 0.29) is 12.6 Å². The van der Waals surface area contributed by atoms with Crippen molar-refractivity contribution in [3.05, 3.63) is 83.7 Å². The lowest BCUT2D eigenvalue weighted by Gasteiger charge is -2.30. The van der Waals surface area contributed by atoms with Gasteiger partial charge in [-0.2, -0.15) is 4.98 Å². The molecular formula is C22H15ClN4O2S. The number of para-hydroxylation sites is 2. The first-order valence-electron chi connectivity index (χ1n) is 9.21. The number of rotatable bonds is 3. The van der Waals surface area contributed by atoms with E-state index < -0.39 is 0 Å². The molecule has 0 spiro atoms. The fourth-order valence-electron chi connectivity index (χ4n) is 3.20. The van der Waals surface area contributed by atoms with Gasteiger partial charge in [0.2, 0.25) is 11.7 Å². The number of hydrogen-bond acceptors (Lipinski definition) is 5. The molecule has 2 amide bonds. The van der Waals surface area contributed by atoms with Gasteiger partial charge in [0.1, 0.15) is 0 Å². The van der Waals surface area contributed by atoms with Crippen molar-refractivity contribution in [3.63, 3.8) is 0 Å². The van der Waals surface area contributed by atoms with E-state index in [9.17, 15) is 4.79 Å². The smallest absolute Gasteiger partial charge is 0.327 e. The number of halogens is 1. The van der Waals surface area contributed by atoms with Crippen LogP contribution in [0.4, 0.5) is 16.2 Å². The molecule has 1 N–H and O–H groups in total. The first-order valence-corrected chi connectivity index (χ1v) is 10.4. The number of benzene rings is 3. The fourth-order valence-corrected chi connectivity index (χ4v) is 4.38. The largest absolute Gasteiger partial charge is 0.337 e. The van der Waals surface area contributed by atoms with E-state index in [1.165, 1.54) is 0 Å². The van der Waals surface area contributed by atoms with Gasteiger partial charge in [0.15, 0.2) is 0 Å². The molecule has 0 saturated heterocycles. The lowest BCUT2D eigenvalue weighted by Crippen LogP contribution is -2.37. The maximum Gasteiger partial charge on any atom is 0.327 e. The highest BCUT2D eigenvalue weighted by atomic mass is 35.5. The zero-order chi connectivity index (χ0) is 20.5. The summed E-state index contributed by atoms with van der Waals surface area (Å²) in [6.45, 7) is 0.118. The van der Waals surface area contributed by atoms with Crippen LogP contribution in [0, 0.1) is 0 Å². The van der Waals surface area contributed by atoms with E-state index in [2.05, 4.69) is 15.5 Å². The van der Waals surface area contributed by atoms with Crippen LogP contribution in [0.2, 0.25) is 5.02 Å². The second kappa shape index (κ2) is 7.85. The molecule has 0 aliphatic carbocycles. The van der Waals surface area contributed by atoms with Crippen molar-refractivity contribution in [1.82, 2.24) is 15.5 Å². The highest BCUT2D eigenvalue weighted by Crippen LogP contribution is 2.47. The maximum absolute atomic E-state index is 13.1. The molecule has 8 heteroatoms. The second-order valence-corrected chi connectivity index (χ2v) is 8.07. The van der Waals surface area contributed by atoms with Crippen LogP contribution in [0.5, 0.6) is 0 Å². The van der Waals surface area contributed by atoms with E-state index >= 15 is 0 Å². The minimum atomic E-state index is -0.263. The molecule has 0 unspecified atom stereocenters. The summed E-state index contributed by atoms with van der Waals surface area (Å²) in [5.41, 5.74) is 2.47. The first-order chi connectivity index (χ1) is 14.7. The number of urea groups is 1. The number of aromatic nitrogens is 2. The predicted octanol–water partition coefficient (Wildman–Crippen LogP) is 5.90. The van der Waals surface area contributed by atoms with Crippen molar-refractivity contribution in [2.45, 2.75) is 16.3 Å². The Labute approximate surface area is 181 Å². The topological polar surface area (TPSA) is 71.3 Å². The van der Waals surface area contributed by atoms with Crippen LogP contribution in [0.25, 0.3) is 11.4 Å². The van der Waals surface area contributed by atoms with Gasteiger partial charge in [-0.1, -0.05) is 52.8 Å². The molecule has 6 nitrogen and oxygen atoms in total. The minimum absolute atomic E-state index is 0.118. The van der Waals surface area contributed by atoms with Crippen LogP contribution < -0.4 is 10.2 Å². The van der Waals surface area contributed by atoms with Gasteiger partial charge in [-0.15, -0.1) is 0 Å². The average molecular weight is 435 g/mol. The highest BCUT2D eigenvalue weighted by Gasteiger charge is 2.28. The summed E-state index contributed by atoms with van der Waals surface area (Å²) in [4.78, 5) is 21.2. The molecule has 0 atom stereocenters. The third-order valence-electron chi connectivity index (χ3n) is 4.60. The molecule has 30 heavy (non-hydrogen) atoms. The summed E-state index contributed by atoms with van der Waals surface area (Å²) in [5, 5.41) is 7.50. The molecule has 0 radical (unpaired) electrons. The van der Waals surface area contributed by atoms with Gasteiger partial charge in [-0.05, 0) is 48.5 Å². The number of carbonyl (C=O) groups excluding carboxylic acids is 1. The Bertz CT molecular complexity index is 1180. The summed E-state index contributed by atoms with van der Waals surface area (Å²) in [7, 11) is 0. The predicted molar refractivity (Wildman–Crippen MR) is 116 cm³/mol. The zero-order valence-electron chi connectivity index (χ0n) is 15.6. The number of nitrogens with one attached hydrogen (secondary N) is 1. The monoisotopic (exact) mass is 434 g/mol. The molecule has 148 valence electrons. The normalized spacial score (nSPS) is 12.2. The average Bonchev–Trinajstić information content (AvgIpc) is 3.25. The number of hydrogen-bond donors (Lipinski definition) is 1. The lowest BCUT2D eigenvalue weighted by atomic mass is 10.2. The van der Waals surface area contributed by atoms with Gasteiger partial charge in [-0.3, -0.25) is 4.90 Å². The number of nitrogens with zero attached hydrogens (tertiary/aromatic N) is 3. The van der Waals surface area contributed by atoms with Crippen molar-refractivity contribution < 1.29 is 9.32 Å². The lowest BCUT2D eigenvalue weighted by molar-refractivity contribution is 0.246. The van der Waals surface area contributed by atoms with Crippen LogP contribution in [0.3, 0.4) is 0 Å². The molecule has 2 heterocycles. The standard InChI is InChI=1S/C22H15ClN4O2S/c23-15-11-9-14(10-12-15)21-25-20(29-26-21)13-24-22(28)27-16-5-1-3-7-18(16)30-19-8-4-2-6-17(19)27/h1-12H,13H2,(H,24,28). The molecule has 5 rings (SSSR count). The van der Waals surface area contributed by atoms with Crippen LogP contribution in [0.15, 0.2) is 87.1 Å². The fraction of sp³-hybridized carbons (Fsp3) is 0.0455. The van der Waals surface area contributed by atoms with Crippen molar-refractivity contribution in [2.75, 3.05) is 4.90 Å². The summed E-state index contributed by atoms with van der Waals surface area (Å²) in [5.74, 6) is 0.766. The molecule has 0 saturated carbocycles. The molecule has 3 aromatic carbocycles. The molecule has 1 aromatic heterocycles. The maximum atomic E-state index is 13.1. The number of carbonyl (C=O) groups is 1. The Morgan fingerprint density at radius 2 is 1.60 bits per heavy atom. The van der Waals surface area contributed by atoms with Gasteiger partial charge in [-0.25, -0.2) is 4.79 Å². The Kier molecular flexibility index (Phi) is 4.90. The summed E-state index contributed by atoms with van der Waals surface area (Å²) >= 11 is 7.56. The molecule has 1 aliphatic heterocycles. The second-order valence-electron chi connectivity index (χ2n) is 6.55. The number of fused-ring (bicyclic) bond motifs is 2. The molecule has 4 aromatic rings. The summed E-state index contributed by atoms with van der Waals surface area (Å²) in [6.07, 6.45) is 0. The van der Waals surface area contributed by atoms with E-state index in [1.54, 1.807) is 28.8 Å². The van der Waals surface area contributed by atoms with Crippen LogP contribution in [-0.2, 0) is 6.54 Å². The number of anilines is 2. The quantitative estimate of drug-likeness (QED) is 0.434. The zero-order valence-corrected chi connectivity index (χ0v) is 17.2. The minimum Gasteiger partial charge on any atom is -0.337 e. The number of amides is 2. The Morgan fingerprint density at radius 1 is 0.967 bits per heavy atom. The van der Waals surface area contributed by atoms with Gasteiger partial charge in [0.05, 0.1) is 17.9 Å². The van der Waals surface area contributed by atoms with Gasteiger partial charge < -0.3 is 9.84 Å². The molecular weight excluding hydrogens is 420 g/mol.